The minimum absolute atomic E-state index is 0.00815. The van der Waals surface area contributed by atoms with Gasteiger partial charge in [0.1, 0.15) is 5.75 Å². The summed E-state index contributed by atoms with van der Waals surface area (Å²) < 4.78 is 0. The van der Waals surface area contributed by atoms with Gasteiger partial charge in [-0.2, -0.15) is 0 Å². The zero-order valence-electron chi connectivity index (χ0n) is 9.11. The number of phenols is 1. The predicted molar refractivity (Wildman–Crippen MR) is 68.2 cm³/mol. The van der Waals surface area contributed by atoms with Crippen molar-refractivity contribution in [3.63, 3.8) is 0 Å². The van der Waals surface area contributed by atoms with Gasteiger partial charge in [0.05, 0.1) is 10.6 Å². The van der Waals surface area contributed by atoms with Gasteiger partial charge in [0, 0.05) is 17.0 Å². The summed E-state index contributed by atoms with van der Waals surface area (Å²) in [6.07, 6.45) is 1.08. The van der Waals surface area contributed by atoms with E-state index in [4.69, 9.17) is 11.6 Å². The summed E-state index contributed by atoms with van der Waals surface area (Å²) in [5.74, 6) is -1.07. The van der Waals surface area contributed by atoms with Crippen LogP contribution < -0.4 is 0 Å². The topological polar surface area (TPSA) is 54.4 Å². The van der Waals surface area contributed by atoms with Gasteiger partial charge in [0.15, 0.2) is 5.78 Å². The van der Waals surface area contributed by atoms with Gasteiger partial charge in [-0.15, -0.1) is 0 Å². The highest BCUT2D eigenvalue weighted by Crippen LogP contribution is 2.36. The number of ketones is 2. The Balaban J connectivity index is 2.46. The summed E-state index contributed by atoms with van der Waals surface area (Å²) >= 11 is 5.69. The zero-order valence-corrected chi connectivity index (χ0v) is 9.86. The monoisotopic (exact) mass is 258 g/mol. The van der Waals surface area contributed by atoms with Crippen LogP contribution in [0.5, 0.6) is 5.75 Å². The van der Waals surface area contributed by atoms with Crippen molar-refractivity contribution in [3.05, 3.63) is 52.6 Å². The third-order valence-corrected chi connectivity index (χ3v) is 3.27. The average Bonchev–Trinajstić information content (AvgIpc) is 2.36. The molecule has 0 spiro atoms. The second-order valence-electron chi connectivity index (χ2n) is 4.05. The summed E-state index contributed by atoms with van der Waals surface area (Å²) in [7, 11) is 0. The van der Waals surface area contributed by atoms with Crippen molar-refractivity contribution in [1.29, 1.82) is 0 Å². The molecule has 4 heteroatoms. The molecule has 0 amide bonds. The number of carbonyl (C=O) groups excluding carboxylic acids is 2. The Morgan fingerprint density at radius 1 is 1.11 bits per heavy atom. The van der Waals surface area contributed by atoms with Crippen LogP contribution in [-0.2, 0) is 0 Å². The van der Waals surface area contributed by atoms with Gasteiger partial charge in [-0.25, -0.2) is 0 Å². The van der Waals surface area contributed by atoms with Crippen molar-refractivity contribution in [2.24, 2.45) is 0 Å². The third kappa shape index (κ3) is 1.38. The fraction of sp³-hybridized carbons (Fsp3) is 0. The van der Waals surface area contributed by atoms with Crippen LogP contribution in [0.15, 0.2) is 41.4 Å². The van der Waals surface area contributed by atoms with E-state index in [1.165, 1.54) is 0 Å². The molecule has 0 radical (unpaired) electrons. The molecule has 3 rings (SSSR count). The third-order valence-electron chi connectivity index (χ3n) is 2.99. The van der Waals surface area contributed by atoms with Crippen molar-refractivity contribution in [3.8, 4) is 5.75 Å². The molecule has 0 heterocycles. The van der Waals surface area contributed by atoms with Crippen molar-refractivity contribution in [2.45, 2.75) is 0 Å². The smallest absolute Gasteiger partial charge is 0.208 e. The highest BCUT2D eigenvalue weighted by atomic mass is 35.5. The molecule has 0 saturated carbocycles. The van der Waals surface area contributed by atoms with Gasteiger partial charge in [0.25, 0.3) is 0 Å². The average molecular weight is 259 g/mol. The molecule has 2 aromatic rings. The number of benzene rings is 2. The Morgan fingerprint density at radius 3 is 2.61 bits per heavy atom. The van der Waals surface area contributed by atoms with Crippen LogP contribution in [0.1, 0.15) is 20.7 Å². The first-order valence-electron chi connectivity index (χ1n) is 5.30. The molecule has 88 valence electrons. The quantitative estimate of drug-likeness (QED) is 0.790. The van der Waals surface area contributed by atoms with E-state index in [0.29, 0.717) is 10.8 Å². The first-order valence-corrected chi connectivity index (χ1v) is 5.68. The van der Waals surface area contributed by atoms with Crippen molar-refractivity contribution in [2.75, 3.05) is 0 Å². The highest BCUT2D eigenvalue weighted by molar-refractivity contribution is 6.49. The zero-order chi connectivity index (χ0) is 12.9. The van der Waals surface area contributed by atoms with E-state index in [1.807, 2.05) is 0 Å². The van der Waals surface area contributed by atoms with Crippen molar-refractivity contribution < 1.29 is 14.7 Å². The normalized spacial score (nSPS) is 14.6. The van der Waals surface area contributed by atoms with Gasteiger partial charge in [-0.3, -0.25) is 9.59 Å². The van der Waals surface area contributed by atoms with Gasteiger partial charge in [0.2, 0.25) is 5.78 Å². The molecule has 0 saturated heterocycles. The minimum Gasteiger partial charge on any atom is -0.507 e. The van der Waals surface area contributed by atoms with E-state index in [2.05, 4.69) is 0 Å². The summed E-state index contributed by atoms with van der Waals surface area (Å²) in [5.41, 5.74) is 0.187. The molecular formula is C14H7ClO3. The minimum atomic E-state index is -0.519. The number of fused-ring (bicyclic) bond motifs is 2. The molecule has 0 bridgehead atoms. The fourth-order valence-corrected chi connectivity index (χ4v) is 2.32. The van der Waals surface area contributed by atoms with Crippen LogP contribution in [0.2, 0.25) is 0 Å². The maximum Gasteiger partial charge on any atom is 0.208 e. The SMILES string of the molecule is O=C1C=C(Cl)C(=O)c2c1cc1ccccc1c2O. The van der Waals surface area contributed by atoms with E-state index >= 15 is 0 Å². The molecule has 3 nitrogen and oxygen atoms in total. The lowest BCUT2D eigenvalue weighted by atomic mass is 9.90. The molecule has 0 aromatic heterocycles. The number of Topliss-reactive ketones (excluding diaryl/α,β-unsaturated/α-hetero) is 1. The number of allylic oxidation sites excluding steroid dienone is 2. The van der Waals surface area contributed by atoms with Crippen LogP contribution in [-0.4, -0.2) is 16.7 Å². The highest BCUT2D eigenvalue weighted by Gasteiger charge is 2.28. The van der Waals surface area contributed by atoms with Gasteiger partial charge < -0.3 is 5.11 Å². The molecule has 0 aliphatic heterocycles. The van der Waals surface area contributed by atoms with Gasteiger partial charge >= 0.3 is 0 Å². The first-order chi connectivity index (χ1) is 8.59. The number of phenolic OH excluding ortho intramolecular Hbond substituents is 1. The number of hydrogen-bond donors (Lipinski definition) is 1. The second kappa shape index (κ2) is 3.68. The van der Waals surface area contributed by atoms with E-state index in [9.17, 15) is 14.7 Å². The number of hydrogen-bond acceptors (Lipinski definition) is 3. The molecule has 18 heavy (non-hydrogen) atoms. The van der Waals surface area contributed by atoms with Crippen LogP contribution in [0.4, 0.5) is 0 Å². The summed E-state index contributed by atoms with van der Waals surface area (Å²) in [6, 6.07) is 8.61. The lowest BCUT2D eigenvalue weighted by molar-refractivity contribution is 0.0988. The molecule has 2 aromatic carbocycles. The van der Waals surface area contributed by atoms with Gasteiger partial charge in [-0.05, 0) is 11.5 Å². The van der Waals surface area contributed by atoms with Crippen molar-refractivity contribution >= 4 is 33.9 Å². The summed E-state index contributed by atoms with van der Waals surface area (Å²) in [5, 5.41) is 11.2. The van der Waals surface area contributed by atoms with Crippen LogP contribution in [0.25, 0.3) is 10.8 Å². The number of carbonyl (C=O) groups is 2. The fourth-order valence-electron chi connectivity index (χ4n) is 2.13. The first kappa shape index (κ1) is 11.0. The number of halogens is 1. The molecule has 1 aliphatic rings. The van der Waals surface area contributed by atoms with E-state index < -0.39 is 5.78 Å². The van der Waals surface area contributed by atoms with E-state index in [1.54, 1.807) is 30.3 Å². The van der Waals surface area contributed by atoms with Crippen LogP contribution in [0, 0.1) is 0 Å². The maximum absolute atomic E-state index is 11.9. The van der Waals surface area contributed by atoms with Crippen molar-refractivity contribution in [1.82, 2.24) is 0 Å². The predicted octanol–water partition coefficient (Wildman–Crippen LogP) is 3.05. The Hall–Kier alpha value is -2.13. The summed E-state index contributed by atoms with van der Waals surface area (Å²) in [4.78, 5) is 23.7. The molecular weight excluding hydrogens is 252 g/mol. The standard InChI is InChI=1S/C14H7ClO3/c15-10-6-11(16)9-5-7-3-1-2-4-8(7)13(17)12(9)14(10)18/h1-6,17H. The van der Waals surface area contributed by atoms with E-state index in [-0.39, 0.29) is 27.7 Å². The largest absolute Gasteiger partial charge is 0.507 e. The Morgan fingerprint density at radius 2 is 1.83 bits per heavy atom. The van der Waals surface area contributed by atoms with Crippen LogP contribution in [0.3, 0.4) is 0 Å². The Bertz CT molecular complexity index is 744. The lowest BCUT2D eigenvalue weighted by Gasteiger charge is -2.14. The van der Waals surface area contributed by atoms with Gasteiger partial charge in [-0.1, -0.05) is 35.9 Å². The van der Waals surface area contributed by atoms with E-state index in [0.717, 1.165) is 6.08 Å². The lowest BCUT2D eigenvalue weighted by Crippen LogP contribution is -2.14. The number of aromatic hydroxyl groups is 1. The molecule has 1 aliphatic carbocycles. The second-order valence-corrected chi connectivity index (χ2v) is 4.46. The summed E-state index contributed by atoms with van der Waals surface area (Å²) in [6.45, 7) is 0. The Kier molecular flexibility index (Phi) is 2.25. The molecule has 0 fully saturated rings. The Labute approximate surface area is 107 Å². The molecule has 0 unspecified atom stereocenters. The number of rotatable bonds is 0. The molecule has 0 atom stereocenters. The van der Waals surface area contributed by atoms with Crippen LogP contribution >= 0.6 is 11.6 Å². The maximum atomic E-state index is 11.9. The molecule has 1 N–H and O–H groups in total.